The van der Waals surface area contributed by atoms with Gasteiger partial charge in [0.1, 0.15) is 0 Å². The van der Waals surface area contributed by atoms with Crippen molar-refractivity contribution in [3.05, 3.63) is 102 Å². The Kier molecular flexibility index (Phi) is 7.37. The molecule has 7 nitrogen and oxygen atoms in total. The maximum Gasteiger partial charge on any atom is 0.343 e. The van der Waals surface area contributed by atoms with E-state index in [0.717, 1.165) is 5.69 Å². The molecule has 0 fully saturated rings. The molecule has 3 aromatic carbocycles. The Hall–Kier alpha value is -4.96. The van der Waals surface area contributed by atoms with Crippen LogP contribution >= 0.6 is 0 Å². The first-order chi connectivity index (χ1) is 17.6. The fourth-order valence-electron chi connectivity index (χ4n) is 3.64. The van der Waals surface area contributed by atoms with E-state index >= 15 is 0 Å². The number of carbonyl (C=O) groups excluding carboxylic acids is 1. The Morgan fingerprint density at radius 1 is 0.778 bits per heavy atom. The van der Waals surface area contributed by atoms with Gasteiger partial charge in [-0.25, -0.2) is 4.79 Å². The monoisotopic (exact) mass is 480 g/mol. The quantitative estimate of drug-likeness (QED) is 0.137. The normalized spacial score (nSPS) is 10.9. The Labute approximate surface area is 209 Å². The molecule has 0 radical (unpaired) electrons. The second-order valence-electron chi connectivity index (χ2n) is 7.68. The second kappa shape index (κ2) is 11.0. The summed E-state index contributed by atoms with van der Waals surface area (Å²) >= 11 is 0. The van der Waals surface area contributed by atoms with Crippen molar-refractivity contribution < 1.29 is 23.7 Å². The molecular formula is C29H24N2O5. The molecule has 0 spiro atoms. The highest BCUT2D eigenvalue weighted by molar-refractivity contribution is 5.92. The lowest BCUT2D eigenvalue weighted by Crippen LogP contribution is -2.09. The number of rotatable bonds is 8. The van der Waals surface area contributed by atoms with Crippen molar-refractivity contribution in [3.8, 4) is 34.8 Å². The van der Waals surface area contributed by atoms with E-state index < -0.39 is 5.97 Å². The molecule has 0 aliphatic carbocycles. The number of aromatic nitrogens is 1. The molecule has 0 aliphatic heterocycles. The molecule has 0 bridgehead atoms. The first-order valence-corrected chi connectivity index (χ1v) is 11.0. The van der Waals surface area contributed by atoms with Crippen LogP contribution in [0.15, 0.2) is 85.2 Å². The summed E-state index contributed by atoms with van der Waals surface area (Å²) in [6, 6.07) is 23.5. The molecule has 0 N–H and O–H groups in total. The van der Waals surface area contributed by atoms with Gasteiger partial charge >= 0.3 is 5.97 Å². The van der Waals surface area contributed by atoms with Gasteiger partial charge in [0.2, 0.25) is 0 Å². The lowest BCUT2D eigenvalue weighted by atomic mass is 10.0. The average molecular weight is 481 g/mol. The molecule has 0 amide bonds. The minimum atomic E-state index is -0.501. The topological polar surface area (TPSA) is 82.7 Å². The smallest absolute Gasteiger partial charge is 0.343 e. The summed E-state index contributed by atoms with van der Waals surface area (Å²) in [5.41, 5.74) is 3.15. The van der Waals surface area contributed by atoms with Gasteiger partial charge in [0, 0.05) is 18.1 Å². The molecular weight excluding hydrogens is 456 g/mol. The molecule has 1 heterocycles. The Morgan fingerprint density at radius 2 is 1.39 bits per heavy atom. The van der Waals surface area contributed by atoms with Gasteiger partial charge in [0.15, 0.2) is 23.0 Å². The van der Waals surface area contributed by atoms with Gasteiger partial charge in [-0.3, -0.25) is 0 Å². The van der Waals surface area contributed by atoms with Crippen LogP contribution in [0.3, 0.4) is 0 Å². The van der Waals surface area contributed by atoms with Crippen LogP contribution in [0, 0.1) is 11.3 Å². The number of hydrogen-bond donors (Lipinski definition) is 0. The van der Waals surface area contributed by atoms with Gasteiger partial charge in [-0.2, -0.15) is 5.26 Å². The van der Waals surface area contributed by atoms with E-state index in [4.69, 9.17) is 18.9 Å². The van der Waals surface area contributed by atoms with Crippen molar-refractivity contribution in [2.75, 3.05) is 21.3 Å². The van der Waals surface area contributed by atoms with Crippen LogP contribution in [0.4, 0.5) is 0 Å². The third-order valence-corrected chi connectivity index (χ3v) is 5.52. The summed E-state index contributed by atoms with van der Waals surface area (Å²) in [7, 11) is 4.59. The Bertz CT molecular complexity index is 1430. The fourth-order valence-corrected chi connectivity index (χ4v) is 3.64. The number of hydrogen-bond acceptors (Lipinski definition) is 6. The first-order valence-electron chi connectivity index (χ1n) is 11.0. The molecule has 0 atom stereocenters. The predicted octanol–water partition coefficient (Wildman–Crippen LogP) is 5.79. The van der Waals surface area contributed by atoms with E-state index in [0.29, 0.717) is 39.5 Å². The van der Waals surface area contributed by atoms with Crippen molar-refractivity contribution in [1.82, 2.24) is 4.57 Å². The summed E-state index contributed by atoms with van der Waals surface area (Å²) in [5, 5.41) is 9.74. The van der Waals surface area contributed by atoms with Crippen LogP contribution in [0.5, 0.6) is 23.0 Å². The highest BCUT2D eigenvalue weighted by Gasteiger charge is 2.14. The molecule has 0 saturated carbocycles. The fraction of sp³-hybridized carbons (Fsp3) is 0.103. The second-order valence-corrected chi connectivity index (χ2v) is 7.68. The highest BCUT2D eigenvalue weighted by atomic mass is 16.6. The molecule has 0 aliphatic rings. The summed E-state index contributed by atoms with van der Waals surface area (Å²) in [5.74, 6) is 1.24. The minimum absolute atomic E-state index is 0.277. The van der Waals surface area contributed by atoms with Gasteiger partial charge < -0.3 is 23.5 Å². The third kappa shape index (κ3) is 5.24. The maximum absolute atomic E-state index is 12.7. The SMILES string of the molecule is COc1ccc(/C(C#N)=C\c2ccc(OC(=O)c3ccc(-n4cccc4)cc3)c(OC)c2)cc1OC. The Balaban J connectivity index is 1.55. The van der Waals surface area contributed by atoms with Gasteiger partial charge in [0.05, 0.1) is 38.5 Å². The lowest BCUT2D eigenvalue weighted by molar-refractivity contribution is 0.0729. The van der Waals surface area contributed by atoms with Crippen LogP contribution in [-0.2, 0) is 0 Å². The largest absolute Gasteiger partial charge is 0.493 e. The Morgan fingerprint density at radius 3 is 2.03 bits per heavy atom. The molecule has 180 valence electrons. The zero-order chi connectivity index (χ0) is 25.5. The number of methoxy groups -OCH3 is 3. The molecule has 4 rings (SSSR count). The highest BCUT2D eigenvalue weighted by Crippen LogP contribution is 2.33. The van der Waals surface area contributed by atoms with E-state index in [2.05, 4.69) is 6.07 Å². The molecule has 4 aromatic rings. The third-order valence-electron chi connectivity index (χ3n) is 5.52. The van der Waals surface area contributed by atoms with Crippen molar-refractivity contribution in [3.63, 3.8) is 0 Å². The molecule has 36 heavy (non-hydrogen) atoms. The van der Waals surface area contributed by atoms with E-state index in [1.165, 1.54) is 7.11 Å². The number of carbonyl (C=O) groups is 1. The summed E-state index contributed by atoms with van der Waals surface area (Å²) in [6.07, 6.45) is 5.57. The van der Waals surface area contributed by atoms with Gasteiger partial charge in [0.25, 0.3) is 0 Å². The number of nitrogens with zero attached hydrogens (tertiary/aromatic N) is 2. The lowest BCUT2D eigenvalue weighted by Gasteiger charge is -2.11. The summed E-state index contributed by atoms with van der Waals surface area (Å²) in [6.45, 7) is 0. The summed E-state index contributed by atoms with van der Waals surface area (Å²) < 4.78 is 23.6. The van der Waals surface area contributed by atoms with Crippen molar-refractivity contribution in [1.29, 1.82) is 5.26 Å². The van der Waals surface area contributed by atoms with Gasteiger partial charge in [-0.05, 0) is 83.9 Å². The first kappa shape index (κ1) is 24.2. The van der Waals surface area contributed by atoms with Crippen LogP contribution < -0.4 is 18.9 Å². The minimum Gasteiger partial charge on any atom is -0.493 e. The van der Waals surface area contributed by atoms with Crippen molar-refractivity contribution in [2.24, 2.45) is 0 Å². The van der Waals surface area contributed by atoms with Crippen molar-refractivity contribution >= 4 is 17.6 Å². The molecule has 0 saturated heterocycles. The van der Waals surface area contributed by atoms with Crippen molar-refractivity contribution in [2.45, 2.75) is 0 Å². The van der Waals surface area contributed by atoms with E-state index in [1.54, 1.807) is 68.8 Å². The zero-order valence-electron chi connectivity index (χ0n) is 20.1. The number of allylic oxidation sites excluding steroid dienone is 1. The molecule has 0 unspecified atom stereocenters. The van der Waals surface area contributed by atoms with Crippen LogP contribution in [-0.4, -0.2) is 31.9 Å². The average Bonchev–Trinajstić information content (AvgIpc) is 3.47. The molecule has 7 heteroatoms. The standard InChI is InChI=1S/C29H24N2O5/c1-33-25-13-9-22(18-28(25)35-3)23(19-30)16-20-6-12-26(27(17-20)34-2)36-29(32)21-7-10-24(11-8-21)31-14-4-5-15-31/h4-18H,1-3H3/b23-16-. The predicted molar refractivity (Wildman–Crippen MR) is 137 cm³/mol. The van der Waals surface area contributed by atoms with Crippen LogP contribution in [0.1, 0.15) is 21.5 Å². The van der Waals surface area contributed by atoms with E-state index in [-0.39, 0.29) is 5.75 Å². The van der Waals surface area contributed by atoms with Gasteiger partial charge in [-0.1, -0.05) is 6.07 Å². The zero-order valence-corrected chi connectivity index (χ0v) is 20.1. The number of ether oxygens (including phenoxy) is 4. The number of benzene rings is 3. The van der Waals surface area contributed by atoms with E-state index in [9.17, 15) is 10.1 Å². The maximum atomic E-state index is 12.7. The number of esters is 1. The van der Waals surface area contributed by atoms with Gasteiger partial charge in [-0.15, -0.1) is 0 Å². The van der Waals surface area contributed by atoms with Crippen LogP contribution in [0.2, 0.25) is 0 Å². The summed E-state index contributed by atoms with van der Waals surface area (Å²) in [4.78, 5) is 12.7. The van der Waals surface area contributed by atoms with E-state index in [1.807, 2.05) is 41.2 Å². The number of nitriles is 1. The molecule has 1 aromatic heterocycles. The van der Waals surface area contributed by atoms with Crippen LogP contribution in [0.25, 0.3) is 17.3 Å².